The minimum absolute atomic E-state index is 0.524. The van der Waals surface area contributed by atoms with Crippen molar-refractivity contribution in [1.82, 2.24) is 9.97 Å². The second kappa shape index (κ2) is 3.87. The SMILES string of the molecule is Cc1cncc(Oc2ccccc2)n1. The Bertz CT molecular complexity index is 415. The van der Waals surface area contributed by atoms with E-state index < -0.39 is 0 Å². The van der Waals surface area contributed by atoms with Crippen molar-refractivity contribution in [2.45, 2.75) is 6.92 Å². The van der Waals surface area contributed by atoms with Gasteiger partial charge in [-0.15, -0.1) is 0 Å². The van der Waals surface area contributed by atoms with Gasteiger partial charge in [-0.05, 0) is 19.1 Å². The first-order chi connectivity index (χ1) is 6.84. The van der Waals surface area contributed by atoms with E-state index in [1.807, 2.05) is 37.3 Å². The maximum absolute atomic E-state index is 5.49. The molecule has 3 heteroatoms. The van der Waals surface area contributed by atoms with Crippen molar-refractivity contribution in [2.24, 2.45) is 0 Å². The smallest absolute Gasteiger partial charge is 0.238 e. The third-order valence-corrected chi connectivity index (χ3v) is 1.70. The lowest BCUT2D eigenvalue weighted by molar-refractivity contribution is 0.458. The fourth-order valence-electron chi connectivity index (χ4n) is 1.10. The van der Waals surface area contributed by atoms with Gasteiger partial charge in [0.2, 0.25) is 5.88 Å². The Morgan fingerprint density at radius 1 is 1.07 bits per heavy atom. The molecule has 0 bridgehead atoms. The number of nitrogens with zero attached hydrogens (tertiary/aromatic N) is 2. The van der Waals surface area contributed by atoms with Gasteiger partial charge >= 0.3 is 0 Å². The van der Waals surface area contributed by atoms with E-state index in [-0.39, 0.29) is 0 Å². The van der Waals surface area contributed by atoms with E-state index in [1.165, 1.54) is 0 Å². The average Bonchev–Trinajstić information content (AvgIpc) is 2.19. The number of aromatic nitrogens is 2. The van der Waals surface area contributed by atoms with Crippen LogP contribution in [-0.2, 0) is 0 Å². The van der Waals surface area contributed by atoms with Crippen LogP contribution in [0.1, 0.15) is 5.69 Å². The van der Waals surface area contributed by atoms with Crippen molar-refractivity contribution in [3.05, 3.63) is 48.4 Å². The standard InChI is InChI=1S/C11H10N2O/c1-9-7-12-8-11(13-9)14-10-5-3-2-4-6-10/h2-8H,1H3. The predicted molar refractivity (Wildman–Crippen MR) is 53.3 cm³/mol. The van der Waals surface area contributed by atoms with Crippen LogP contribution >= 0.6 is 0 Å². The number of benzene rings is 1. The molecule has 0 fully saturated rings. The van der Waals surface area contributed by atoms with Crippen LogP contribution in [0, 0.1) is 6.92 Å². The Balaban J connectivity index is 2.19. The molecular formula is C11H10N2O. The molecule has 70 valence electrons. The molecule has 1 heterocycles. The Hall–Kier alpha value is -1.90. The summed E-state index contributed by atoms with van der Waals surface area (Å²) in [5.74, 6) is 1.30. The molecule has 0 amide bonds. The molecular weight excluding hydrogens is 176 g/mol. The lowest BCUT2D eigenvalue weighted by atomic mass is 10.3. The summed E-state index contributed by atoms with van der Waals surface area (Å²) in [6.45, 7) is 1.88. The van der Waals surface area contributed by atoms with Crippen LogP contribution in [0.2, 0.25) is 0 Å². The Kier molecular flexibility index (Phi) is 2.40. The van der Waals surface area contributed by atoms with E-state index in [0.29, 0.717) is 5.88 Å². The second-order valence-corrected chi connectivity index (χ2v) is 2.91. The molecule has 0 aliphatic rings. The normalized spacial score (nSPS) is 9.79. The van der Waals surface area contributed by atoms with Gasteiger partial charge in [0.05, 0.1) is 11.9 Å². The van der Waals surface area contributed by atoms with Gasteiger partial charge in [-0.3, -0.25) is 4.98 Å². The zero-order valence-corrected chi connectivity index (χ0v) is 7.84. The lowest BCUT2D eigenvalue weighted by Crippen LogP contribution is -1.90. The summed E-state index contributed by atoms with van der Waals surface area (Å²) >= 11 is 0. The number of para-hydroxylation sites is 1. The average molecular weight is 186 g/mol. The van der Waals surface area contributed by atoms with E-state index in [0.717, 1.165) is 11.4 Å². The fourth-order valence-corrected chi connectivity index (χ4v) is 1.10. The van der Waals surface area contributed by atoms with Crippen molar-refractivity contribution in [3.63, 3.8) is 0 Å². The number of rotatable bonds is 2. The summed E-state index contributed by atoms with van der Waals surface area (Å²) < 4.78 is 5.49. The maximum Gasteiger partial charge on any atom is 0.238 e. The maximum atomic E-state index is 5.49. The highest BCUT2D eigenvalue weighted by Crippen LogP contribution is 2.17. The van der Waals surface area contributed by atoms with Gasteiger partial charge < -0.3 is 4.74 Å². The van der Waals surface area contributed by atoms with Gasteiger partial charge in [-0.2, -0.15) is 0 Å². The van der Waals surface area contributed by atoms with Gasteiger partial charge in [0.25, 0.3) is 0 Å². The molecule has 14 heavy (non-hydrogen) atoms. The topological polar surface area (TPSA) is 35.0 Å². The Labute approximate surface area is 82.4 Å². The highest BCUT2D eigenvalue weighted by atomic mass is 16.5. The van der Waals surface area contributed by atoms with Crippen molar-refractivity contribution in [3.8, 4) is 11.6 Å². The van der Waals surface area contributed by atoms with E-state index in [9.17, 15) is 0 Å². The molecule has 0 saturated heterocycles. The molecule has 0 N–H and O–H groups in total. The monoisotopic (exact) mass is 186 g/mol. The van der Waals surface area contributed by atoms with Crippen molar-refractivity contribution in [1.29, 1.82) is 0 Å². The van der Waals surface area contributed by atoms with Gasteiger partial charge in [0.1, 0.15) is 5.75 Å². The quantitative estimate of drug-likeness (QED) is 0.723. The van der Waals surface area contributed by atoms with Crippen LogP contribution < -0.4 is 4.74 Å². The van der Waals surface area contributed by atoms with E-state index in [4.69, 9.17) is 4.74 Å². The molecule has 1 aromatic carbocycles. The third-order valence-electron chi connectivity index (χ3n) is 1.70. The van der Waals surface area contributed by atoms with Crippen molar-refractivity contribution in [2.75, 3.05) is 0 Å². The predicted octanol–water partition coefficient (Wildman–Crippen LogP) is 2.58. The molecule has 1 aromatic heterocycles. The van der Waals surface area contributed by atoms with Crippen LogP contribution in [0.25, 0.3) is 0 Å². The summed E-state index contributed by atoms with van der Waals surface area (Å²) in [5, 5.41) is 0. The molecule has 0 spiro atoms. The van der Waals surface area contributed by atoms with Gasteiger partial charge in [-0.1, -0.05) is 18.2 Å². The Morgan fingerprint density at radius 3 is 2.57 bits per heavy atom. The van der Waals surface area contributed by atoms with Gasteiger partial charge in [0.15, 0.2) is 0 Å². The first-order valence-corrected chi connectivity index (χ1v) is 4.36. The van der Waals surface area contributed by atoms with Crippen LogP contribution in [0.4, 0.5) is 0 Å². The fraction of sp³-hybridized carbons (Fsp3) is 0.0909. The first-order valence-electron chi connectivity index (χ1n) is 4.36. The molecule has 0 unspecified atom stereocenters. The second-order valence-electron chi connectivity index (χ2n) is 2.91. The summed E-state index contributed by atoms with van der Waals surface area (Å²) in [7, 11) is 0. The zero-order valence-electron chi connectivity index (χ0n) is 7.84. The largest absolute Gasteiger partial charge is 0.437 e. The minimum atomic E-state index is 0.524. The molecule has 0 saturated carbocycles. The number of hydrogen-bond acceptors (Lipinski definition) is 3. The van der Waals surface area contributed by atoms with Crippen molar-refractivity contribution < 1.29 is 4.74 Å². The molecule has 2 rings (SSSR count). The molecule has 3 nitrogen and oxygen atoms in total. The van der Waals surface area contributed by atoms with Gasteiger partial charge in [-0.25, -0.2) is 4.98 Å². The summed E-state index contributed by atoms with van der Waals surface area (Å²) in [4.78, 5) is 8.18. The molecule has 0 atom stereocenters. The van der Waals surface area contributed by atoms with Gasteiger partial charge in [0, 0.05) is 6.20 Å². The van der Waals surface area contributed by atoms with Crippen LogP contribution in [0.3, 0.4) is 0 Å². The molecule has 0 aliphatic carbocycles. The number of ether oxygens (including phenoxy) is 1. The third kappa shape index (κ3) is 2.07. The Morgan fingerprint density at radius 2 is 1.86 bits per heavy atom. The highest BCUT2D eigenvalue weighted by Gasteiger charge is 1.97. The number of aryl methyl sites for hydroxylation is 1. The molecule has 0 radical (unpaired) electrons. The van der Waals surface area contributed by atoms with E-state index in [2.05, 4.69) is 9.97 Å². The summed E-state index contributed by atoms with van der Waals surface area (Å²) in [6.07, 6.45) is 3.29. The van der Waals surface area contributed by atoms with E-state index in [1.54, 1.807) is 12.4 Å². The van der Waals surface area contributed by atoms with Crippen LogP contribution in [0.15, 0.2) is 42.7 Å². The van der Waals surface area contributed by atoms with Crippen LogP contribution in [0.5, 0.6) is 11.6 Å². The molecule has 2 aromatic rings. The number of hydrogen-bond donors (Lipinski definition) is 0. The van der Waals surface area contributed by atoms with E-state index >= 15 is 0 Å². The first kappa shape index (κ1) is 8.69. The molecule has 0 aliphatic heterocycles. The summed E-state index contributed by atoms with van der Waals surface area (Å²) in [6, 6.07) is 9.53. The lowest BCUT2D eigenvalue weighted by Gasteiger charge is -2.03. The zero-order chi connectivity index (χ0) is 9.80. The minimum Gasteiger partial charge on any atom is -0.437 e. The summed E-state index contributed by atoms with van der Waals surface area (Å²) in [5.41, 5.74) is 0.846. The van der Waals surface area contributed by atoms with Crippen molar-refractivity contribution >= 4 is 0 Å². The highest BCUT2D eigenvalue weighted by molar-refractivity contribution is 5.25. The van der Waals surface area contributed by atoms with Crippen LogP contribution in [-0.4, -0.2) is 9.97 Å².